The smallest absolute Gasteiger partial charge is 0.242 e. The Bertz CT molecular complexity index is 450. The first kappa shape index (κ1) is 14.9. The molecule has 4 heteroatoms. The fraction of sp³-hybridized carbons (Fsp3) is 0.562. The number of rotatable bonds is 5. The molecule has 0 bridgehead atoms. The van der Waals surface area contributed by atoms with Gasteiger partial charge in [0.05, 0.1) is 12.6 Å². The Labute approximate surface area is 121 Å². The number of nitrogens with one attached hydrogen (secondary N) is 1. The molecule has 1 atom stereocenters. The van der Waals surface area contributed by atoms with E-state index in [1.54, 1.807) is 7.11 Å². The van der Waals surface area contributed by atoms with E-state index in [1.807, 2.05) is 43.0 Å². The number of carbonyl (C=O) groups is 1. The SMILES string of the molecule is CCN(Cc1ccc(OC)cc1)C(=O)C1(C)CCCN1. The van der Waals surface area contributed by atoms with Crippen molar-refractivity contribution in [3.05, 3.63) is 29.8 Å². The fourth-order valence-corrected chi connectivity index (χ4v) is 2.70. The number of ether oxygens (including phenoxy) is 1. The molecule has 1 aliphatic rings. The van der Waals surface area contributed by atoms with E-state index in [0.29, 0.717) is 6.54 Å². The summed E-state index contributed by atoms with van der Waals surface area (Å²) in [6.45, 7) is 6.35. The minimum absolute atomic E-state index is 0.202. The molecule has 110 valence electrons. The quantitative estimate of drug-likeness (QED) is 0.896. The van der Waals surface area contributed by atoms with Crippen molar-refractivity contribution in [1.82, 2.24) is 10.2 Å². The van der Waals surface area contributed by atoms with Crippen molar-refractivity contribution in [1.29, 1.82) is 0 Å². The van der Waals surface area contributed by atoms with Crippen molar-refractivity contribution in [3.63, 3.8) is 0 Å². The average Bonchev–Trinajstić information content (AvgIpc) is 2.93. The largest absolute Gasteiger partial charge is 0.497 e. The molecule has 20 heavy (non-hydrogen) atoms. The predicted octanol–water partition coefficient (Wildman–Crippen LogP) is 2.19. The van der Waals surface area contributed by atoms with Gasteiger partial charge in [-0.15, -0.1) is 0 Å². The van der Waals surface area contributed by atoms with Crippen molar-refractivity contribution >= 4 is 5.91 Å². The number of nitrogens with zero attached hydrogens (tertiary/aromatic N) is 1. The molecule has 0 aromatic heterocycles. The van der Waals surface area contributed by atoms with E-state index in [0.717, 1.165) is 37.2 Å². The van der Waals surface area contributed by atoms with Gasteiger partial charge in [-0.25, -0.2) is 0 Å². The molecule has 1 amide bonds. The van der Waals surface area contributed by atoms with Gasteiger partial charge in [0.15, 0.2) is 0 Å². The van der Waals surface area contributed by atoms with Crippen LogP contribution in [0.4, 0.5) is 0 Å². The van der Waals surface area contributed by atoms with Crippen molar-refractivity contribution < 1.29 is 9.53 Å². The lowest BCUT2D eigenvalue weighted by atomic mass is 9.98. The number of carbonyl (C=O) groups excluding carboxylic acids is 1. The summed E-state index contributed by atoms with van der Waals surface area (Å²) in [6, 6.07) is 7.89. The molecule has 1 fully saturated rings. The van der Waals surface area contributed by atoms with Crippen LogP contribution < -0.4 is 10.1 Å². The lowest BCUT2D eigenvalue weighted by molar-refractivity contribution is -0.137. The highest BCUT2D eigenvalue weighted by Crippen LogP contribution is 2.22. The molecule has 1 aromatic carbocycles. The summed E-state index contributed by atoms with van der Waals surface area (Å²) in [5.41, 5.74) is 0.741. The summed E-state index contributed by atoms with van der Waals surface area (Å²) in [4.78, 5) is 14.6. The highest BCUT2D eigenvalue weighted by atomic mass is 16.5. The summed E-state index contributed by atoms with van der Waals surface area (Å²) >= 11 is 0. The second-order valence-corrected chi connectivity index (χ2v) is 5.53. The Morgan fingerprint density at radius 3 is 2.60 bits per heavy atom. The van der Waals surface area contributed by atoms with Gasteiger partial charge < -0.3 is 15.0 Å². The maximum Gasteiger partial charge on any atom is 0.242 e. The lowest BCUT2D eigenvalue weighted by Crippen LogP contribution is -2.52. The molecular weight excluding hydrogens is 252 g/mol. The Hall–Kier alpha value is -1.55. The predicted molar refractivity (Wildman–Crippen MR) is 79.7 cm³/mol. The van der Waals surface area contributed by atoms with Gasteiger partial charge in [-0.05, 0) is 50.9 Å². The van der Waals surface area contributed by atoms with Gasteiger partial charge in [0.1, 0.15) is 5.75 Å². The topological polar surface area (TPSA) is 41.6 Å². The molecule has 1 aliphatic heterocycles. The van der Waals surface area contributed by atoms with E-state index in [1.165, 1.54) is 0 Å². The summed E-state index contributed by atoms with van der Waals surface area (Å²) < 4.78 is 5.15. The number of likely N-dealkylation sites (N-methyl/N-ethyl adjacent to an activating group) is 1. The number of methoxy groups -OCH3 is 1. The average molecular weight is 276 g/mol. The van der Waals surface area contributed by atoms with E-state index in [4.69, 9.17) is 4.74 Å². The summed E-state index contributed by atoms with van der Waals surface area (Å²) in [5.74, 6) is 1.04. The van der Waals surface area contributed by atoms with Crippen molar-refractivity contribution in [2.45, 2.75) is 38.8 Å². The molecule has 1 N–H and O–H groups in total. The third-order valence-electron chi connectivity index (χ3n) is 4.04. The van der Waals surface area contributed by atoms with Crippen molar-refractivity contribution in [2.75, 3.05) is 20.2 Å². The van der Waals surface area contributed by atoms with Crippen molar-refractivity contribution in [2.24, 2.45) is 0 Å². The van der Waals surface area contributed by atoms with Crippen LogP contribution in [0.2, 0.25) is 0 Å². The van der Waals surface area contributed by atoms with Crippen LogP contribution in [0.3, 0.4) is 0 Å². The van der Waals surface area contributed by atoms with Crippen LogP contribution in [0.15, 0.2) is 24.3 Å². The first-order valence-electron chi connectivity index (χ1n) is 7.26. The minimum atomic E-state index is -0.386. The van der Waals surface area contributed by atoms with E-state index in [2.05, 4.69) is 5.32 Å². The van der Waals surface area contributed by atoms with Gasteiger partial charge >= 0.3 is 0 Å². The highest BCUT2D eigenvalue weighted by molar-refractivity contribution is 5.86. The molecule has 1 aromatic rings. The van der Waals surface area contributed by atoms with Crippen LogP contribution in [-0.2, 0) is 11.3 Å². The first-order chi connectivity index (χ1) is 9.59. The number of amides is 1. The molecule has 4 nitrogen and oxygen atoms in total. The Balaban J connectivity index is 2.06. The zero-order chi connectivity index (χ0) is 14.6. The zero-order valence-corrected chi connectivity index (χ0v) is 12.6. The summed E-state index contributed by atoms with van der Waals surface area (Å²) in [6.07, 6.45) is 1.99. The summed E-state index contributed by atoms with van der Waals surface area (Å²) in [5, 5.41) is 3.34. The number of benzene rings is 1. The molecule has 1 heterocycles. The van der Waals surface area contributed by atoms with E-state index < -0.39 is 0 Å². The van der Waals surface area contributed by atoms with Gasteiger partial charge in [-0.1, -0.05) is 12.1 Å². The second-order valence-electron chi connectivity index (χ2n) is 5.53. The first-order valence-corrected chi connectivity index (χ1v) is 7.26. The maximum absolute atomic E-state index is 12.7. The normalized spacial score (nSPS) is 21.8. The van der Waals surface area contributed by atoms with Gasteiger partial charge in [0.2, 0.25) is 5.91 Å². The molecule has 0 aliphatic carbocycles. The third-order valence-corrected chi connectivity index (χ3v) is 4.04. The molecule has 2 rings (SSSR count). The number of hydrogen-bond acceptors (Lipinski definition) is 3. The molecular formula is C16H24N2O2. The molecule has 1 saturated heterocycles. The fourth-order valence-electron chi connectivity index (χ4n) is 2.70. The van der Waals surface area contributed by atoms with E-state index in [9.17, 15) is 4.79 Å². The maximum atomic E-state index is 12.7. The molecule has 0 spiro atoms. The van der Waals surface area contributed by atoms with Crippen LogP contribution in [0.5, 0.6) is 5.75 Å². The van der Waals surface area contributed by atoms with Crippen LogP contribution in [0, 0.1) is 0 Å². The van der Waals surface area contributed by atoms with Crippen LogP contribution in [0.1, 0.15) is 32.3 Å². The number of hydrogen-bond donors (Lipinski definition) is 1. The second kappa shape index (κ2) is 6.27. The third kappa shape index (κ3) is 3.12. The molecule has 0 radical (unpaired) electrons. The summed E-state index contributed by atoms with van der Waals surface area (Å²) in [7, 11) is 1.66. The van der Waals surface area contributed by atoms with Gasteiger partial charge in [0, 0.05) is 13.1 Å². The Morgan fingerprint density at radius 2 is 2.10 bits per heavy atom. The van der Waals surface area contributed by atoms with E-state index >= 15 is 0 Å². The Morgan fingerprint density at radius 1 is 1.40 bits per heavy atom. The lowest BCUT2D eigenvalue weighted by Gasteiger charge is -2.31. The van der Waals surface area contributed by atoms with Gasteiger partial charge in [-0.2, -0.15) is 0 Å². The van der Waals surface area contributed by atoms with Crippen LogP contribution in [-0.4, -0.2) is 36.5 Å². The Kier molecular flexibility index (Phi) is 4.65. The zero-order valence-electron chi connectivity index (χ0n) is 12.6. The minimum Gasteiger partial charge on any atom is -0.497 e. The van der Waals surface area contributed by atoms with Crippen LogP contribution >= 0.6 is 0 Å². The molecule has 1 unspecified atom stereocenters. The monoisotopic (exact) mass is 276 g/mol. The highest BCUT2D eigenvalue weighted by Gasteiger charge is 2.38. The van der Waals surface area contributed by atoms with Gasteiger partial charge in [0.25, 0.3) is 0 Å². The van der Waals surface area contributed by atoms with Crippen LogP contribution in [0.25, 0.3) is 0 Å². The standard InChI is InChI=1S/C16H24N2O2/c1-4-18(15(19)16(2)10-5-11-17-16)12-13-6-8-14(20-3)9-7-13/h6-9,17H,4-5,10-12H2,1-3H3. The van der Waals surface area contributed by atoms with Gasteiger partial charge in [-0.3, -0.25) is 4.79 Å². The van der Waals surface area contributed by atoms with Crippen molar-refractivity contribution in [3.8, 4) is 5.75 Å². The molecule has 0 saturated carbocycles. The van der Waals surface area contributed by atoms with E-state index in [-0.39, 0.29) is 11.4 Å².